The quantitative estimate of drug-likeness (QED) is 0.762. The van der Waals surface area contributed by atoms with Crippen LogP contribution in [0.3, 0.4) is 0 Å². The molecule has 0 aromatic carbocycles. The lowest BCUT2D eigenvalue weighted by Crippen LogP contribution is -2.44. The van der Waals surface area contributed by atoms with Gasteiger partial charge >= 0.3 is 0 Å². The van der Waals surface area contributed by atoms with Gasteiger partial charge in [0.05, 0.1) is 0 Å². The molecule has 96 valence electrons. The standard InChI is InChI=1S/C14H23NO2/c16-9-11-6-7-14(8-12(11)10-17)15-13-4-2-1-3-5-13/h9-15H,1-8H2/t11-,12-,14?/m0/s1. The van der Waals surface area contributed by atoms with Crippen molar-refractivity contribution in [3.63, 3.8) is 0 Å². The van der Waals surface area contributed by atoms with E-state index < -0.39 is 0 Å². The molecule has 2 saturated carbocycles. The Labute approximate surface area is 103 Å². The highest BCUT2D eigenvalue weighted by Crippen LogP contribution is 2.29. The summed E-state index contributed by atoms with van der Waals surface area (Å²) in [4.78, 5) is 21.8. The molecule has 2 aliphatic carbocycles. The molecule has 0 aromatic rings. The Bertz CT molecular complexity index is 261. The fourth-order valence-electron chi connectivity index (χ4n) is 3.31. The first-order valence-electron chi connectivity index (χ1n) is 7.00. The van der Waals surface area contributed by atoms with Gasteiger partial charge in [0.2, 0.25) is 0 Å². The van der Waals surface area contributed by atoms with Gasteiger partial charge in [-0.05, 0) is 32.1 Å². The zero-order valence-electron chi connectivity index (χ0n) is 10.4. The second-order valence-electron chi connectivity index (χ2n) is 5.61. The summed E-state index contributed by atoms with van der Waals surface area (Å²) in [7, 11) is 0. The van der Waals surface area contributed by atoms with Crippen molar-refractivity contribution < 1.29 is 9.59 Å². The summed E-state index contributed by atoms with van der Waals surface area (Å²) in [6.45, 7) is 0. The highest BCUT2D eigenvalue weighted by Gasteiger charge is 2.31. The first-order chi connectivity index (χ1) is 8.33. The maximum atomic E-state index is 11.0. The van der Waals surface area contributed by atoms with Crippen LogP contribution < -0.4 is 5.32 Å². The van der Waals surface area contributed by atoms with Crippen LogP contribution in [-0.4, -0.2) is 24.7 Å². The van der Waals surface area contributed by atoms with Crippen LogP contribution in [-0.2, 0) is 9.59 Å². The van der Waals surface area contributed by atoms with Crippen molar-refractivity contribution in [3.8, 4) is 0 Å². The van der Waals surface area contributed by atoms with Gasteiger partial charge in [0.15, 0.2) is 0 Å². The van der Waals surface area contributed by atoms with Gasteiger partial charge in [-0.25, -0.2) is 0 Å². The minimum atomic E-state index is -0.0534. The number of hydrogen-bond acceptors (Lipinski definition) is 3. The van der Waals surface area contributed by atoms with Gasteiger partial charge in [0.25, 0.3) is 0 Å². The molecule has 0 bridgehead atoms. The van der Waals surface area contributed by atoms with Crippen LogP contribution in [0.2, 0.25) is 0 Å². The molecule has 2 aliphatic rings. The number of carbonyl (C=O) groups is 2. The van der Waals surface area contributed by atoms with Crippen LogP contribution in [0.1, 0.15) is 51.4 Å². The Kier molecular flexibility index (Phi) is 4.72. The van der Waals surface area contributed by atoms with Crippen molar-refractivity contribution in [2.75, 3.05) is 0 Å². The molecule has 2 fully saturated rings. The van der Waals surface area contributed by atoms with E-state index in [1.54, 1.807) is 0 Å². The van der Waals surface area contributed by atoms with E-state index in [2.05, 4.69) is 5.32 Å². The van der Waals surface area contributed by atoms with Crippen LogP contribution in [0.4, 0.5) is 0 Å². The van der Waals surface area contributed by atoms with Crippen molar-refractivity contribution in [1.82, 2.24) is 5.32 Å². The minimum absolute atomic E-state index is 0.0306. The Morgan fingerprint density at radius 3 is 2.12 bits per heavy atom. The molecular weight excluding hydrogens is 214 g/mol. The van der Waals surface area contributed by atoms with E-state index in [4.69, 9.17) is 0 Å². The number of hydrogen-bond donors (Lipinski definition) is 1. The van der Waals surface area contributed by atoms with E-state index in [0.29, 0.717) is 12.1 Å². The molecule has 3 heteroatoms. The number of rotatable bonds is 4. The Balaban J connectivity index is 1.82. The molecule has 0 heterocycles. The highest BCUT2D eigenvalue weighted by molar-refractivity contribution is 5.65. The number of aldehydes is 2. The zero-order chi connectivity index (χ0) is 12.1. The van der Waals surface area contributed by atoms with Gasteiger partial charge in [0.1, 0.15) is 12.6 Å². The summed E-state index contributed by atoms with van der Waals surface area (Å²) in [5, 5.41) is 3.69. The second kappa shape index (κ2) is 6.29. The van der Waals surface area contributed by atoms with Crippen LogP contribution >= 0.6 is 0 Å². The number of carbonyl (C=O) groups excluding carboxylic acids is 2. The second-order valence-corrected chi connectivity index (χ2v) is 5.61. The zero-order valence-corrected chi connectivity index (χ0v) is 10.4. The molecule has 17 heavy (non-hydrogen) atoms. The number of nitrogens with one attached hydrogen (secondary N) is 1. The first-order valence-corrected chi connectivity index (χ1v) is 7.00. The molecular formula is C14H23NO2. The third-order valence-corrected chi connectivity index (χ3v) is 4.38. The Morgan fingerprint density at radius 2 is 1.47 bits per heavy atom. The van der Waals surface area contributed by atoms with E-state index in [-0.39, 0.29) is 11.8 Å². The molecule has 1 N–H and O–H groups in total. The smallest absolute Gasteiger partial charge is 0.123 e. The van der Waals surface area contributed by atoms with Gasteiger partial charge in [-0.1, -0.05) is 19.3 Å². The summed E-state index contributed by atoms with van der Waals surface area (Å²) >= 11 is 0. The van der Waals surface area contributed by atoms with Gasteiger partial charge in [-0.3, -0.25) is 0 Å². The predicted molar refractivity (Wildman–Crippen MR) is 66.8 cm³/mol. The molecule has 2 rings (SSSR count). The third-order valence-electron chi connectivity index (χ3n) is 4.38. The predicted octanol–water partition coefficient (Wildman–Crippen LogP) is 2.09. The van der Waals surface area contributed by atoms with E-state index >= 15 is 0 Å². The van der Waals surface area contributed by atoms with E-state index in [9.17, 15) is 9.59 Å². The molecule has 0 amide bonds. The summed E-state index contributed by atoms with van der Waals surface area (Å²) in [5.74, 6) is -0.0840. The average Bonchev–Trinajstić information content (AvgIpc) is 2.40. The van der Waals surface area contributed by atoms with Crippen LogP contribution in [0.15, 0.2) is 0 Å². The van der Waals surface area contributed by atoms with Crippen LogP contribution in [0.5, 0.6) is 0 Å². The maximum Gasteiger partial charge on any atom is 0.123 e. The minimum Gasteiger partial charge on any atom is -0.311 e. The van der Waals surface area contributed by atoms with Gasteiger partial charge < -0.3 is 14.9 Å². The SMILES string of the molecule is O=C[C@@H]1CCC(NC2CCCCC2)C[C@H]1C=O. The van der Waals surface area contributed by atoms with E-state index in [1.165, 1.54) is 32.1 Å². The van der Waals surface area contributed by atoms with Crippen molar-refractivity contribution in [2.45, 2.75) is 63.5 Å². The fourth-order valence-corrected chi connectivity index (χ4v) is 3.31. The third kappa shape index (κ3) is 3.38. The van der Waals surface area contributed by atoms with Gasteiger partial charge in [-0.15, -0.1) is 0 Å². The van der Waals surface area contributed by atoms with Crippen molar-refractivity contribution in [2.24, 2.45) is 11.8 Å². The Hall–Kier alpha value is -0.700. The molecule has 1 unspecified atom stereocenters. The molecule has 0 spiro atoms. The topological polar surface area (TPSA) is 46.2 Å². The summed E-state index contributed by atoms with van der Waals surface area (Å²) in [6.07, 6.45) is 11.3. The van der Waals surface area contributed by atoms with Gasteiger partial charge in [-0.2, -0.15) is 0 Å². The molecule has 0 saturated heterocycles. The van der Waals surface area contributed by atoms with Gasteiger partial charge in [0, 0.05) is 23.9 Å². The van der Waals surface area contributed by atoms with Crippen molar-refractivity contribution in [3.05, 3.63) is 0 Å². The van der Waals surface area contributed by atoms with Crippen molar-refractivity contribution in [1.29, 1.82) is 0 Å². The molecule has 3 atom stereocenters. The van der Waals surface area contributed by atoms with Crippen LogP contribution in [0, 0.1) is 11.8 Å². The van der Waals surface area contributed by atoms with E-state index in [1.807, 2.05) is 0 Å². The highest BCUT2D eigenvalue weighted by atomic mass is 16.1. The lowest BCUT2D eigenvalue weighted by molar-refractivity contribution is -0.121. The lowest BCUT2D eigenvalue weighted by Gasteiger charge is -2.34. The largest absolute Gasteiger partial charge is 0.311 e. The lowest BCUT2D eigenvalue weighted by atomic mass is 9.78. The van der Waals surface area contributed by atoms with E-state index in [0.717, 1.165) is 31.8 Å². The average molecular weight is 237 g/mol. The molecule has 0 aliphatic heterocycles. The summed E-state index contributed by atoms with van der Waals surface area (Å²) in [6, 6.07) is 1.10. The fraction of sp³-hybridized carbons (Fsp3) is 0.857. The maximum absolute atomic E-state index is 11.0. The first kappa shape index (κ1) is 12.7. The van der Waals surface area contributed by atoms with Crippen LogP contribution in [0.25, 0.3) is 0 Å². The Morgan fingerprint density at radius 1 is 0.765 bits per heavy atom. The molecule has 0 aromatic heterocycles. The monoisotopic (exact) mass is 237 g/mol. The normalized spacial score (nSPS) is 35.4. The molecule has 3 nitrogen and oxygen atoms in total. The molecule has 0 radical (unpaired) electrons. The summed E-state index contributed by atoms with van der Waals surface area (Å²) < 4.78 is 0. The summed E-state index contributed by atoms with van der Waals surface area (Å²) in [5.41, 5.74) is 0. The van der Waals surface area contributed by atoms with Crippen molar-refractivity contribution >= 4 is 12.6 Å².